The normalized spacial score (nSPS) is 22.0. The largest absolute Gasteiger partial charge is 0.325 e. The summed E-state index contributed by atoms with van der Waals surface area (Å²) in [5.74, 6) is 0.0715. The monoisotopic (exact) mass is 372 g/mol. The molecule has 6 nitrogen and oxygen atoms in total. The Labute approximate surface area is 162 Å². The van der Waals surface area contributed by atoms with Crippen LogP contribution in [-0.4, -0.2) is 72.5 Å². The number of urea groups is 1. The van der Waals surface area contributed by atoms with Gasteiger partial charge in [-0.1, -0.05) is 18.2 Å². The number of amides is 3. The van der Waals surface area contributed by atoms with E-state index in [2.05, 4.69) is 10.2 Å². The number of piperidine rings is 1. The molecule has 1 unspecified atom stereocenters. The van der Waals surface area contributed by atoms with Crippen LogP contribution in [0.2, 0.25) is 0 Å². The summed E-state index contributed by atoms with van der Waals surface area (Å²) in [6.07, 6.45) is 2.81. The molecule has 2 saturated heterocycles. The minimum atomic E-state index is -0.102. The molecule has 27 heavy (non-hydrogen) atoms. The molecular formula is C21H32N4O2. The zero-order valence-corrected chi connectivity index (χ0v) is 16.8. The van der Waals surface area contributed by atoms with E-state index in [9.17, 15) is 9.59 Å². The first-order valence-electron chi connectivity index (χ1n) is 10.1. The van der Waals surface area contributed by atoms with Crippen molar-refractivity contribution in [2.75, 3.05) is 45.1 Å². The molecule has 2 heterocycles. The topological polar surface area (TPSA) is 55.9 Å². The van der Waals surface area contributed by atoms with Gasteiger partial charge in [0.25, 0.3) is 0 Å². The molecule has 1 atom stereocenters. The number of hydrogen-bond acceptors (Lipinski definition) is 3. The van der Waals surface area contributed by atoms with Gasteiger partial charge in [0.05, 0.1) is 6.04 Å². The summed E-state index contributed by atoms with van der Waals surface area (Å²) in [5.41, 5.74) is 0.990. The van der Waals surface area contributed by atoms with Crippen molar-refractivity contribution in [3.63, 3.8) is 0 Å². The summed E-state index contributed by atoms with van der Waals surface area (Å²) in [6.45, 7) is 8.05. The summed E-state index contributed by atoms with van der Waals surface area (Å²) in [5, 5.41) is 3.04. The minimum absolute atomic E-state index is 0.0715. The van der Waals surface area contributed by atoms with Crippen LogP contribution in [0.4, 0.5) is 10.5 Å². The highest BCUT2D eigenvalue weighted by molar-refractivity contribution is 5.95. The number of likely N-dealkylation sites (tertiary alicyclic amines) is 2. The predicted octanol–water partition coefficient (Wildman–Crippen LogP) is 2.87. The Balaban J connectivity index is 1.58. The standard InChI is InChI=1S/C21H32N4O2/c1-4-24(5-2)20(27)25-13-11-21(12-14-25)15-18(23(3)16-21)19(26)22-17-9-7-6-8-10-17/h6-10,18H,4-5,11-16H2,1-3H3,(H,22,26). The number of nitrogens with zero attached hydrogens (tertiary/aromatic N) is 3. The van der Waals surface area contributed by atoms with Gasteiger partial charge in [0.2, 0.25) is 5.91 Å². The molecule has 0 aromatic heterocycles. The number of nitrogens with one attached hydrogen (secondary N) is 1. The van der Waals surface area contributed by atoms with Crippen molar-refractivity contribution in [1.82, 2.24) is 14.7 Å². The first kappa shape index (κ1) is 19.7. The van der Waals surface area contributed by atoms with E-state index >= 15 is 0 Å². The van der Waals surface area contributed by atoms with E-state index in [1.165, 1.54) is 0 Å². The molecule has 1 aromatic rings. The first-order valence-corrected chi connectivity index (χ1v) is 10.1. The van der Waals surface area contributed by atoms with Gasteiger partial charge < -0.3 is 15.1 Å². The van der Waals surface area contributed by atoms with Crippen LogP contribution in [0.25, 0.3) is 0 Å². The lowest BCUT2D eigenvalue weighted by molar-refractivity contribution is -0.120. The second-order valence-electron chi connectivity index (χ2n) is 7.93. The molecule has 2 aliphatic heterocycles. The molecular weight excluding hydrogens is 340 g/mol. The molecule has 1 aromatic carbocycles. The smallest absolute Gasteiger partial charge is 0.319 e. The minimum Gasteiger partial charge on any atom is -0.325 e. The third kappa shape index (κ3) is 4.26. The van der Waals surface area contributed by atoms with E-state index in [1.807, 2.05) is 61.0 Å². The van der Waals surface area contributed by atoms with Gasteiger partial charge in [0, 0.05) is 38.4 Å². The van der Waals surface area contributed by atoms with E-state index in [0.29, 0.717) is 0 Å². The molecule has 2 fully saturated rings. The summed E-state index contributed by atoms with van der Waals surface area (Å²) in [6, 6.07) is 9.69. The summed E-state index contributed by atoms with van der Waals surface area (Å²) in [4.78, 5) is 31.4. The number of benzene rings is 1. The van der Waals surface area contributed by atoms with Gasteiger partial charge in [-0.2, -0.15) is 0 Å². The lowest BCUT2D eigenvalue weighted by Gasteiger charge is -2.40. The van der Waals surface area contributed by atoms with Crippen LogP contribution in [0.5, 0.6) is 0 Å². The van der Waals surface area contributed by atoms with Crippen LogP contribution in [0, 0.1) is 5.41 Å². The molecule has 0 bridgehead atoms. The van der Waals surface area contributed by atoms with Crippen LogP contribution < -0.4 is 5.32 Å². The number of likely N-dealkylation sites (N-methyl/N-ethyl adjacent to an activating group) is 1. The Morgan fingerprint density at radius 1 is 1.15 bits per heavy atom. The predicted molar refractivity (Wildman–Crippen MR) is 108 cm³/mol. The number of carbonyl (C=O) groups excluding carboxylic acids is 2. The van der Waals surface area contributed by atoms with Gasteiger partial charge in [-0.25, -0.2) is 4.79 Å². The average molecular weight is 373 g/mol. The number of para-hydroxylation sites is 1. The van der Waals surface area contributed by atoms with Gasteiger partial charge >= 0.3 is 6.03 Å². The van der Waals surface area contributed by atoms with Crippen molar-refractivity contribution < 1.29 is 9.59 Å². The quantitative estimate of drug-likeness (QED) is 0.884. The van der Waals surface area contributed by atoms with Crippen molar-refractivity contribution in [2.45, 2.75) is 39.2 Å². The van der Waals surface area contributed by atoms with Crippen LogP contribution in [0.15, 0.2) is 30.3 Å². The molecule has 2 aliphatic rings. The molecule has 1 N–H and O–H groups in total. The molecule has 0 radical (unpaired) electrons. The zero-order chi connectivity index (χ0) is 19.4. The van der Waals surface area contributed by atoms with E-state index in [1.54, 1.807) is 0 Å². The molecule has 6 heteroatoms. The maximum absolute atomic E-state index is 12.8. The molecule has 3 amide bonds. The lowest BCUT2D eigenvalue weighted by Crippen LogP contribution is -2.49. The van der Waals surface area contributed by atoms with E-state index in [4.69, 9.17) is 0 Å². The highest BCUT2D eigenvalue weighted by atomic mass is 16.2. The third-order valence-electron chi connectivity index (χ3n) is 6.22. The maximum Gasteiger partial charge on any atom is 0.319 e. The van der Waals surface area contributed by atoms with Crippen molar-refractivity contribution in [1.29, 1.82) is 0 Å². The Bertz CT molecular complexity index is 651. The maximum atomic E-state index is 12.8. The fourth-order valence-electron chi connectivity index (χ4n) is 4.54. The van der Waals surface area contributed by atoms with Crippen molar-refractivity contribution in [2.24, 2.45) is 5.41 Å². The van der Waals surface area contributed by atoms with E-state index in [-0.39, 0.29) is 23.4 Å². The first-order chi connectivity index (χ1) is 13.0. The molecule has 3 rings (SSSR count). The molecule has 1 spiro atoms. The van der Waals surface area contributed by atoms with E-state index in [0.717, 1.165) is 57.7 Å². The van der Waals surface area contributed by atoms with Crippen LogP contribution >= 0.6 is 0 Å². The van der Waals surface area contributed by atoms with Crippen molar-refractivity contribution in [3.05, 3.63) is 30.3 Å². The average Bonchev–Trinajstić information content (AvgIpc) is 3.00. The van der Waals surface area contributed by atoms with Crippen LogP contribution in [-0.2, 0) is 4.79 Å². The highest BCUT2D eigenvalue weighted by Crippen LogP contribution is 2.43. The fourth-order valence-corrected chi connectivity index (χ4v) is 4.54. The second-order valence-corrected chi connectivity index (χ2v) is 7.93. The van der Waals surface area contributed by atoms with Crippen molar-refractivity contribution in [3.8, 4) is 0 Å². The zero-order valence-electron chi connectivity index (χ0n) is 16.8. The van der Waals surface area contributed by atoms with Gasteiger partial charge in [0.1, 0.15) is 0 Å². The number of anilines is 1. The third-order valence-corrected chi connectivity index (χ3v) is 6.22. The number of rotatable bonds is 4. The second kappa shape index (κ2) is 8.30. The lowest BCUT2D eigenvalue weighted by atomic mass is 9.76. The van der Waals surface area contributed by atoms with Crippen LogP contribution in [0.1, 0.15) is 33.1 Å². The highest BCUT2D eigenvalue weighted by Gasteiger charge is 2.47. The summed E-state index contributed by atoms with van der Waals surface area (Å²) >= 11 is 0. The Kier molecular flexibility index (Phi) is 6.05. The summed E-state index contributed by atoms with van der Waals surface area (Å²) in [7, 11) is 2.04. The molecule has 0 saturated carbocycles. The number of carbonyl (C=O) groups is 2. The van der Waals surface area contributed by atoms with Gasteiger partial charge in [-0.3, -0.25) is 9.69 Å². The van der Waals surface area contributed by atoms with Gasteiger partial charge in [-0.15, -0.1) is 0 Å². The Hall–Kier alpha value is -2.08. The summed E-state index contributed by atoms with van der Waals surface area (Å²) < 4.78 is 0. The number of hydrogen-bond donors (Lipinski definition) is 1. The van der Waals surface area contributed by atoms with Gasteiger partial charge in [0.15, 0.2) is 0 Å². The van der Waals surface area contributed by atoms with Crippen molar-refractivity contribution >= 4 is 17.6 Å². The fraction of sp³-hybridized carbons (Fsp3) is 0.619. The van der Waals surface area contributed by atoms with Gasteiger partial charge in [-0.05, 0) is 57.7 Å². The SMILES string of the molecule is CCN(CC)C(=O)N1CCC2(CC1)CC(C(=O)Nc1ccccc1)N(C)C2. The molecule has 0 aliphatic carbocycles. The van der Waals surface area contributed by atoms with E-state index < -0.39 is 0 Å². The Morgan fingerprint density at radius 2 is 1.78 bits per heavy atom. The Morgan fingerprint density at radius 3 is 2.37 bits per heavy atom. The van der Waals surface area contributed by atoms with Crippen LogP contribution in [0.3, 0.4) is 0 Å². The molecule has 148 valence electrons.